The Labute approximate surface area is 169 Å². The van der Waals surface area contributed by atoms with Gasteiger partial charge in [0.05, 0.1) is 6.10 Å². The van der Waals surface area contributed by atoms with Crippen LogP contribution in [0.4, 0.5) is 4.79 Å². The Kier molecular flexibility index (Phi) is 5.81. The largest absolute Gasteiger partial charge is 0.480 e. The van der Waals surface area contributed by atoms with Gasteiger partial charge in [-0.15, -0.1) is 0 Å². The highest BCUT2D eigenvalue weighted by molar-refractivity contribution is 5.81. The van der Waals surface area contributed by atoms with Gasteiger partial charge in [0.15, 0.2) is 0 Å². The van der Waals surface area contributed by atoms with Crippen LogP contribution < -0.4 is 5.32 Å². The Bertz CT molecular complexity index is 847. The number of rotatable bonds is 8. The topological polar surface area (TPSA) is 84.9 Å². The molecule has 2 aromatic rings. The van der Waals surface area contributed by atoms with E-state index in [1.807, 2.05) is 36.4 Å². The van der Waals surface area contributed by atoms with Crippen molar-refractivity contribution < 1.29 is 24.2 Å². The lowest BCUT2D eigenvalue weighted by molar-refractivity contribution is -0.140. The number of carbonyl (C=O) groups is 2. The molecule has 2 aliphatic carbocycles. The molecular weight excluding hydrogens is 370 g/mol. The summed E-state index contributed by atoms with van der Waals surface area (Å²) in [5.41, 5.74) is 4.53. The Balaban J connectivity index is 1.34. The maximum atomic E-state index is 12.3. The van der Waals surface area contributed by atoms with E-state index in [4.69, 9.17) is 9.47 Å². The second-order valence-electron chi connectivity index (χ2n) is 7.57. The van der Waals surface area contributed by atoms with Crippen LogP contribution in [0.25, 0.3) is 11.1 Å². The molecule has 0 spiro atoms. The van der Waals surface area contributed by atoms with Gasteiger partial charge in [0.2, 0.25) is 0 Å². The summed E-state index contributed by atoms with van der Waals surface area (Å²) in [6.07, 6.45) is 2.94. The van der Waals surface area contributed by atoms with Gasteiger partial charge >= 0.3 is 12.1 Å². The van der Waals surface area contributed by atoms with E-state index in [0.717, 1.165) is 41.5 Å². The summed E-state index contributed by atoms with van der Waals surface area (Å²) >= 11 is 0. The predicted octanol–water partition coefficient (Wildman–Crippen LogP) is 3.94. The van der Waals surface area contributed by atoms with Crippen LogP contribution in [-0.2, 0) is 14.3 Å². The highest BCUT2D eigenvalue weighted by Crippen LogP contribution is 2.44. The normalized spacial score (nSPS) is 16.4. The fourth-order valence-corrected chi connectivity index (χ4v) is 3.93. The van der Waals surface area contributed by atoms with Crippen molar-refractivity contribution in [1.29, 1.82) is 0 Å². The fraction of sp³-hybridized carbons (Fsp3) is 0.391. The first-order valence-corrected chi connectivity index (χ1v) is 10.1. The minimum absolute atomic E-state index is 0.0571. The fourth-order valence-electron chi connectivity index (χ4n) is 3.93. The molecule has 6 heteroatoms. The molecule has 0 saturated heterocycles. The van der Waals surface area contributed by atoms with Crippen molar-refractivity contribution >= 4 is 12.1 Å². The number of benzene rings is 2. The van der Waals surface area contributed by atoms with E-state index in [1.54, 1.807) is 0 Å². The van der Waals surface area contributed by atoms with Crippen molar-refractivity contribution in [2.24, 2.45) is 0 Å². The van der Waals surface area contributed by atoms with Crippen molar-refractivity contribution in [1.82, 2.24) is 5.32 Å². The Morgan fingerprint density at radius 3 is 2.21 bits per heavy atom. The zero-order chi connectivity index (χ0) is 20.2. The molecule has 0 aromatic heterocycles. The zero-order valence-corrected chi connectivity index (χ0v) is 16.2. The molecule has 29 heavy (non-hydrogen) atoms. The van der Waals surface area contributed by atoms with Crippen LogP contribution in [0.15, 0.2) is 48.5 Å². The molecule has 6 nitrogen and oxygen atoms in total. The van der Waals surface area contributed by atoms with Crippen LogP contribution in [-0.4, -0.2) is 42.5 Å². The van der Waals surface area contributed by atoms with Crippen LogP contribution >= 0.6 is 0 Å². The van der Waals surface area contributed by atoms with E-state index >= 15 is 0 Å². The zero-order valence-electron chi connectivity index (χ0n) is 16.2. The van der Waals surface area contributed by atoms with Crippen molar-refractivity contribution in [3.8, 4) is 11.1 Å². The summed E-state index contributed by atoms with van der Waals surface area (Å²) in [6.45, 7) is 0.468. The average Bonchev–Trinajstić information content (AvgIpc) is 3.01. The molecule has 1 amide bonds. The summed E-state index contributed by atoms with van der Waals surface area (Å²) < 4.78 is 11.0. The van der Waals surface area contributed by atoms with Crippen molar-refractivity contribution in [3.05, 3.63) is 59.7 Å². The van der Waals surface area contributed by atoms with E-state index in [9.17, 15) is 14.7 Å². The lowest BCUT2D eigenvalue weighted by Gasteiger charge is -2.26. The summed E-state index contributed by atoms with van der Waals surface area (Å²) in [5.74, 6) is -1.14. The van der Waals surface area contributed by atoms with Crippen LogP contribution in [0.3, 0.4) is 0 Å². The first-order valence-electron chi connectivity index (χ1n) is 10.1. The van der Waals surface area contributed by atoms with E-state index in [0.29, 0.717) is 6.61 Å². The summed E-state index contributed by atoms with van der Waals surface area (Å²) in [4.78, 5) is 23.7. The second kappa shape index (κ2) is 8.66. The molecule has 1 fully saturated rings. The number of carbonyl (C=O) groups excluding carboxylic acids is 1. The average molecular weight is 395 g/mol. The number of carboxylic acid groups (broad SMARTS) is 1. The Hall–Kier alpha value is -2.86. The monoisotopic (exact) mass is 395 g/mol. The van der Waals surface area contributed by atoms with Gasteiger partial charge in [-0.05, 0) is 41.5 Å². The number of ether oxygens (including phenoxy) is 2. The van der Waals surface area contributed by atoms with Crippen molar-refractivity contribution in [2.75, 3.05) is 13.2 Å². The molecule has 0 unspecified atom stereocenters. The van der Waals surface area contributed by atoms with Gasteiger partial charge in [-0.3, -0.25) is 0 Å². The number of fused-ring (bicyclic) bond motifs is 3. The number of alkyl carbamates (subject to hydrolysis) is 1. The predicted molar refractivity (Wildman–Crippen MR) is 108 cm³/mol. The van der Waals surface area contributed by atoms with Crippen molar-refractivity contribution in [2.45, 2.75) is 43.7 Å². The Morgan fingerprint density at radius 2 is 1.66 bits per heavy atom. The van der Waals surface area contributed by atoms with Gasteiger partial charge in [0.1, 0.15) is 12.6 Å². The van der Waals surface area contributed by atoms with Gasteiger partial charge in [0, 0.05) is 18.9 Å². The quantitative estimate of drug-likeness (QED) is 0.707. The first-order chi connectivity index (χ1) is 14.1. The molecule has 2 N–H and O–H groups in total. The number of aliphatic carboxylic acids is 1. The Morgan fingerprint density at radius 1 is 1.03 bits per heavy atom. The van der Waals surface area contributed by atoms with Gasteiger partial charge in [-0.2, -0.15) is 0 Å². The number of carboxylic acids is 1. The van der Waals surface area contributed by atoms with Gasteiger partial charge in [-0.25, -0.2) is 9.59 Å². The van der Waals surface area contributed by atoms with Gasteiger partial charge in [-0.1, -0.05) is 48.5 Å². The van der Waals surface area contributed by atoms with Crippen LogP contribution in [0, 0.1) is 0 Å². The van der Waals surface area contributed by atoms with Crippen LogP contribution in [0.1, 0.15) is 42.7 Å². The molecule has 0 radical (unpaired) electrons. The number of nitrogens with one attached hydrogen (secondary N) is 1. The molecule has 0 bridgehead atoms. The second-order valence-corrected chi connectivity index (χ2v) is 7.57. The minimum atomic E-state index is -1.09. The van der Waals surface area contributed by atoms with E-state index in [2.05, 4.69) is 17.4 Å². The highest BCUT2D eigenvalue weighted by Gasteiger charge is 2.30. The minimum Gasteiger partial charge on any atom is -0.480 e. The third kappa shape index (κ3) is 4.27. The lowest BCUT2D eigenvalue weighted by Crippen LogP contribution is -2.42. The van der Waals surface area contributed by atoms with Gasteiger partial charge in [0.25, 0.3) is 0 Å². The highest BCUT2D eigenvalue weighted by atomic mass is 16.5. The molecule has 2 aromatic carbocycles. The third-order valence-corrected chi connectivity index (χ3v) is 5.75. The van der Waals surface area contributed by atoms with E-state index in [1.165, 1.54) is 0 Å². The van der Waals surface area contributed by atoms with E-state index in [-0.39, 0.29) is 25.0 Å². The standard InChI is InChI=1S/C23H25NO5/c25-22(26)21(12-13-28-15-6-5-7-15)24-23(27)29-14-20-18-10-3-1-8-16(18)17-9-2-4-11-19(17)20/h1-4,8-11,15,20-21H,5-7,12-14H2,(H,24,27)(H,25,26)/t21-/m0/s1. The molecule has 0 heterocycles. The molecule has 4 rings (SSSR count). The maximum Gasteiger partial charge on any atom is 0.407 e. The number of hydrogen-bond acceptors (Lipinski definition) is 4. The molecule has 152 valence electrons. The van der Waals surface area contributed by atoms with E-state index < -0.39 is 18.1 Å². The van der Waals surface area contributed by atoms with Crippen LogP contribution in [0.5, 0.6) is 0 Å². The molecule has 1 atom stereocenters. The molecule has 2 aliphatic rings. The first kappa shape index (κ1) is 19.5. The van der Waals surface area contributed by atoms with Crippen LogP contribution in [0.2, 0.25) is 0 Å². The maximum absolute atomic E-state index is 12.3. The SMILES string of the molecule is O=C(N[C@@H](CCOC1CCC1)C(=O)O)OCC1c2ccccc2-c2ccccc21. The number of hydrogen-bond donors (Lipinski definition) is 2. The number of amides is 1. The summed E-state index contributed by atoms with van der Waals surface area (Å²) in [7, 11) is 0. The van der Waals surface area contributed by atoms with Gasteiger partial charge < -0.3 is 19.9 Å². The summed E-state index contributed by atoms with van der Waals surface area (Å²) in [6, 6.07) is 15.1. The molecular formula is C23H25NO5. The van der Waals surface area contributed by atoms with Crippen molar-refractivity contribution in [3.63, 3.8) is 0 Å². The lowest BCUT2D eigenvalue weighted by atomic mass is 9.96. The summed E-state index contributed by atoms with van der Waals surface area (Å²) in [5, 5.41) is 11.8. The smallest absolute Gasteiger partial charge is 0.407 e. The molecule has 0 aliphatic heterocycles. The third-order valence-electron chi connectivity index (χ3n) is 5.75. The molecule has 1 saturated carbocycles.